The van der Waals surface area contributed by atoms with Crippen molar-refractivity contribution in [2.45, 2.75) is 43.9 Å². The van der Waals surface area contributed by atoms with Gasteiger partial charge in [-0.3, -0.25) is 0 Å². The van der Waals surface area contributed by atoms with Crippen molar-refractivity contribution in [2.75, 3.05) is 19.8 Å². The fraction of sp³-hybridized carbons (Fsp3) is 1.00. The number of nitrogens with two attached hydrogens (primary N) is 1. The molecule has 0 saturated carbocycles. The van der Waals surface area contributed by atoms with Crippen molar-refractivity contribution in [3.05, 3.63) is 0 Å². The highest BCUT2D eigenvalue weighted by atomic mass is 32.2. The van der Waals surface area contributed by atoms with Crippen molar-refractivity contribution in [2.24, 2.45) is 5.73 Å². The van der Waals surface area contributed by atoms with E-state index in [1.165, 1.54) is 0 Å². The molecule has 0 spiro atoms. The summed E-state index contributed by atoms with van der Waals surface area (Å²) in [5, 5.41) is 0. The van der Waals surface area contributed by atoms with E-state index in [9.17, 15) is 4.21 Å². The van der Waals surface area contributed by atoms with Crippen LogP contribution in [0.5, 0.6) is 0 Å². The standard InChI is InChI=1S/C10H22N2O2S/c1-9(2,3)15(13)12-10(5-4-6-11)7-14-8-10/h12H,4-8,11H2,1-3H3. The Bertz CT molecular complexity index is 234. The molecule has 0 radical (unpaired) electrons. The molecule has 0 aromatic heterocycles. The van der Waals surface area contributed by atoms with Gasteiger partial charge in [-0.2, -0.15) is 0 Å². The third-order valence-electron chi connectivity index (χ3n) is 2.48. The average molecular weight is 234 g/mol. The van der Waals surface area contributed by atoms with Crippen LogP contribution < -0.4 is 10.5 Å². The third kappa shape index (κ3) is 3.52. The molecule has 3 N–H and O–H groups in total. The molecule has 0 bridgehead atoms. The van der Waals surface area contributed by atoms with Crippen LogP contribution in [-0.2, 0) is 15.7 Å². The van der Waals surface area contributed by atoms with Crippen molar-refractivity contribution in [3.8, 4) is 0 Å². The lowest BCUT2D eigenvalue weighted by atomic mass is 9.93. The van der Waals surface area contributed by atoms with Gasteiger partial charge < -0.3 is 10.5 Å². The van der Waals surface area contributed by atoms with Gasteiger partial charge in [0.25, 0.3) is 0 Å². The van der Waals surface area contributed by atoms with Crippen LogP contribution in [0.25, 0.3) is 0 Å². The zero-order valence-corrected chi connectivity index (χ0v) is 10.7. The number of hydrogen-bond acceptors (Lipinski definition) is 3. The van der Waals surface area contributed by atoms with Crippen LogP contribution in [0.2, 0.25) is 0 Å². The van der Waals surface area contributed by atoms with E-state index >= 15 is 0 Å². The number of nitrogens with one attached hydrogen (secondary N) is 1. The fourth-order valence-electron chi connectivity index (χ4n) is 1.39. The Morgan fingerprint density at radius 2 is 2.07 bits per heavy atom. The smallest absolute Gasteiger partial charge is 0.0977 e. The highest BCUT2D eigenvalue weighted by molar-refractivity contribution is 7.84. The van der Waals surface area contributed by atoms with Crippen LogP contribution in [0, 0.1) is 0 Å². The summed E-state index contributed by atoms with van der Waals surface area (Å²) in [7, 11) is -1.03. The monoisotopic (exact) mass is 234 g/mol. The summed E-state index contributed by atoms with van der Waals surface area (Å²) < 4.78 is 20.1. The van der Waals surface area contributed by atoms with Crippen LogP contribution in [0.1, 0.15) is 33.6 Å². The molecule has 1 saturated heterocycles. The molecule has 15 heavy (non-hydrogen) atoms. The van der Waals surface area contributed by atoms with Gasteiger partial charge in [0, 0.05) is 0 Å². The Hall–Kier alpha value is 0.0300. The first-order chi connectivity index (χ1) is 6.90. The summed E-state index contributed by atoms with van der Waals surface area (Å²) in [6.45, 7) is 7.86. The summed E-state index contributed by atoms with van der Waals surface area (Å²) in [6.07, 6.45) is 1.88. The Morgan fingerprint density at radius 1 is 1.47 bits per heavy atom. The lowest BCUT2D eigenvalue weighted by Gasteiger charge is -2.43. The van der Waals surface area contributed by atoms with Crippen LogP contribution in [0.15, 0.2) is 0 Å². The third-order valence-corrected chi connectivity index (χ3v) is 4.21. The minimum Gasteiger partial charge on any atom is -0.377 e. The van der Waals surface area contributed by atoms with Gasteiger partial charge in [0.2, 0.25) is 0 Å². The van der Waals surface area contributed by atoms with Gasteiger partial charge in [-0.05, 0) is 40.2 Å². The van der Waals surface area contributed by atoms with E-state index in [1.54, 1.807) is 0 Å². The van der Waals surface area contributed by atoms with Crippen molar-refractivity contribution in [1.82, 2.24) is 4.72 Å². The van der Waals surface area contributed by atoms with E-state index in [0.717, 1.165) is 12.8 Å². The summed E-state index contributed by atoms with van der Waals surface area (Å²) >= 11 is 0. The van der Waals surface area contributed by atoms with Crippen LogP contribution in [-0.4, -0.2) is 34.3 Å². The maximum absolute atomic E-state index is 11.9. The van der Waals surface area contributed by atoms with Gasteiger partial charge in [-0.1, -0.05) is 0 Å². The number of hydrogen-bond donors (Lipinski definition) is 2. The number of ether oxygens (including phenoxy) is 1. The van der Waals surface area contributed by atoms with Gasteiger partial charge in [-0.15, -0.1) is 0 Å². The van der Waals surface area contributed by atoms with Crippen molar-refractivity contribution >= 4 is 11.0 Å². The van der Waals surface area contributed by atoms with Crippen molar-refractivity contribution < 1.29 is 8.95 Å². The maximum atomic E-state index is 11.9. The molecular weight excluding hydrogens is 212 g/mol. The fourth-order valence-corrected chi connectivity index (χ4v) is 2.31. The Balaban J connectivity index is 2.49. The zero-order valence-electron chi connectivity index (χ0n) is 9.84. The zero-order chi connectivity index (χ0) is 11.5. The molecule has 1 atom stereocenters. The van der Waals surface area contributed by atoms with Crippen LogP contribution >= 0.6 is 0 Å². The minimum absolute atomic E-state index is 0.0997. The molecule has 1 aliphatic heterocycles. The minimum atomic E-state index is -1.03. The molecule has 4 nitrogen and oxygen atoms in total. The molecule has 1 rings (SSSR count). The first-order valence-corrected chi connectivity index (χ1v) is 6.52. The predicted molar refractivity (Wildman–Crippen MR) is 62.9 cm³/mol. The van der Waals surface area contributed by atoms with E-state index < -0.39 is 11.0 Å². The Morgan fingerprint density at radius 3 is 2.40 bits per heavy atom. The molecule has 1 aliphatic rings. The average Bonchev–Trinajstić information content (AvgIpc) is 2.07. The van der Waals surface area contributed by atoms with Gasteiger partial charge in [0.1, 0.15) is 0 Å². The van der Waals surface area contributed by atoms with E-state index in [-0.39, 0.29) is 10.3 Å². The molecule has 1 unspecified atom stereocenters. The van der Waals surface area contributed by atoms with Gasteiger partial charge in [-0.25, -0.2) is 8.93 Å². The molecule has 90 valence electrons. The van der Waals surface area contributed by atoms with E-state index in [0.29, 0.717) is 19.8 Å². The molecule has 1 heterocycles. The molecule has 0 amide bonds. The second-order valence-corrected chi connectivity index (χ2v) is 7.11. The molecule has 0 aromatic carbocycles. The molecular formula is C10H22N2O2S. The van der Waals surface area contributed by atoms with Crippen molar-refractivity contribution in [1.29, 1.82) is 0 Å². The molecule has 5 heteroatoms. The molecule has 1 fully saturated rings. The van der Waals surface area contributed by atoms with E-state index in [4.69, 9.17) is 10.5 Å². The van der Waals surface area contributed by atoms with Gasteiger partial charge in [0.15, 0.2) is 0 Å². The topological polar surface area (TPSA) is 64.4 Å². The lowest BCUT2D eigenvalue weighted by Crippen LogP contribution is -2.62. The highest BCUT2D eigenvalue weighted by Gasteiger charge is 2.40. The van der Waals surface area contributed by atoms with Crippen molar-refractivity contribution in [3.63, 3.8) is 0 Å². The summed E-state index contributed by atoms with van der Waals surface area (Å²) in [5.74, 6) is 0. The Labute approximate surface area is 94.5 Å². The van der Waals surface area contributed by atoms with Crippen LogP contribution in [0.3, 0.4) is 0 Å². The SMILES string of the molecule is CC(C)(C)S(=O)NC1(CCCN)COC1. The molecule has 0 aromatic rings. The summed E-state index contributed by atoms with van der Waals surface area (Å²) in [5.41, 5.74) is 5.39. The van der Waals surface area contributed by atoms with E-state index in [2.05, 4.69) is 4.72 Å². The maximum Gasteiger partial charge on any atom is 0.0977 e. The first kappa shape index (κ1) is 13.1. The van der Waals surface area contributed by atoms with Gasteiger partial charge in [0.05, 0.1) is 34.5 Å². The Kier molecular flexibility index (Phi) is 4.29. The highest BCUT2D eigenvalue weighted by Crippen LogP contribution is 2.25. The van der Waals surface area contributed by atoms with E-state index in [1.807, 2.05) is 20.8 Å². The van der Waals surface area contributed by atoms with Crippen LogP contribution in [0.4, 0.5) is 0 Å². The second kappa shape index (κ2) is 4.91. The number of rotatable bonds is 5. The first-order valence-electron chi connectivity index (χ1n) is 5.37. The summed E-state index contributed by atoms with van der Waals surface area (Å²) in [6, 6.07) is 0. The predicted octanol–water partition coefficient (Wildman–Crippen LogP) is 0.546. The normalized spacial score (nSPS) is 22.1. The lowest BCUT2D eigenvalue weighted by molar-refractivity contribution is -0.0665. The second-order valence-electron chi connectivity index (χ2n) is 5.15. The van der Waals surface area contributed by atoms with Gasteiger partial charge >= 0.3 is 0 Å². The molecule has 0 aliphatic carbocycles. The summed E-state index contributed by atoms with van der Waals surface area (Å²) in [4.78, 5) is 0. The quantitative estimate of drug-likeness (QED) is 0.730. The largest absolute Gasteiger partial charge is 0.377 e.